The molecule has 0 aliphatic carbocycles. The number of aryl methyl sites for hydroxylation is 2. The number of nitrogens with one attached hydrogen (secondary N) is 1. The monoisotopic (exact) mass is 308 g/mol. The van der Waals surface area contributed by atoms with Crippen molar-refractivity contribution < 1.29 is 4.74 Å². The molecular formula is C19H20N2O2. The molecule has 23 heavy (non-hydrogen) atoms. The highest BCUT2D eigenvalue weighted by Crippen LogP contribution is 2.12. The SMILES string of the molecule is Cc1ccc(-n2[nH]c(COCc3ccccc3)cc2=O)cc1C. The molecule has 0 saturated heterocycles. The van der Waals surface area contributed by atoms with Crippen molar-refractivity contribution in [3.05, 3.63) is 87.3 Å². The molecular weight excluding hydrogens is 288 g/mol. The van der Waals surface area contributed by atoms with E-state index < -0.39 is 0 Å². The molecule has 0 radical (unpaired) electrons. The van der Waals surface area contributed by atoms with Crippen molar-refractivity contribution >= 4 is 0 Å². The van der Waals surface area contributed by atoms with Gasteiger partial charge in [-0.2, -0.15) is 0 Å². The van der Waals surface area contributed by atoms with Crippen molar-refractivity contribution in [3.63, 3.8) is 0 Å². The molecule has 4 heteroatoms. The van der Waals surface area contributed by atoms with Gasteiger partial charge in [0.05, 0.1) is 24.6 Å². The van der Waals surface area contributed by atoms with Gasteiger partial charge in [-0.1, -0.05) is 36.4 Å². The van der Waals surface area contributed by atoms with Crippen LogP contribution in [-0.2, 0) is 18.0 Å². The quantitative estimate of drug-likeness (QED) is 0.784. The highest BCUT2D eigenvalue weighted by molar-refractivity contribution is 5.39. The second kappa shape index (κ2) is 6.67. The van der Waals surface area contributed by atoms with E-state index in [2.05, 4.69) is 12.0 Å². The maximum atomic E-state index is 12.1. The Morgan fingerprint density at radius 3 is 2.48 bits per heavy atom. The second-order valence-corrected chi connectivity index (χ2v) is 5.70. The van der Waals surface area contributed by atoms with E-state index in [4.69, 9.17) is 4.74 Å². The fraction of sp³-hybridized carbons (Fsp3) is 0.211. The summed E-state index contributed by atoms with van der Waals surface area (Å²) in [7, 11) is 0. The third-order valence-corrected chi connectivity index (χ3v) is 3.89. The molecule has 0 amide bonds. The Bertz CT molecular complexity index is 847. The number of aromatic nitrogens is 2. The van der Waals surface area contributed by atoms with Crippen LogP contribution >= 0.6 is 0 Å². The first-order valence-electron chi connectivity index (χ1n) is 7.64. The lowest BCUT2D eigenvalue weighted by Gasteiger charge is -2.06. The lowest BCUT2D eigenvalue weighted by molar-refractivity contribution is 0.104. The van der Waals surface area contributed by atoms with Crippen LogP contribution in [0.25, 0.3) is 5.69 Å². The zero-order valence-electron chi connectivity index (χ0n) is 13.4. The first-order valence-corrected chi connectivity index (χ1v) is 7.64. The molecule has 0 aliphatic rings. The van der Waals surface area contributed by atoms with Crippen molar-refractivity contribution in [2.75, 3.05) is 0 Å². The van der Waals surface area contributed by atoms with Crippen LogP contribution in [0, 0.1) is 13.8 Å². The summed E-state index contributed by atoms with van der Waals surface area (Å²) in [6.07, 6.45) is 0. The fourth-order valence-corrected chi connectivity index (χ4v) is 2.43. The summed E-state index contributed by atoms with van der Waals surface area (Å²) in [5.74, 6) is 0. The molecule has 0 bridgehead atoms. The van der Waals surface area contributed by atoms with E-state index in [1.807, 2.05) is 55.5 Å². The number of ether oxygens (including phenoxy) is 1. The summed E-state index contributed by atoms with van der Waals surface area (Å²) in [5, 5.41) is 3.11. The molecule has 0 spiro atoms. The maximum absolute atomic E-state index is 12.1. The van der Waals surface area contributed by atoms with Crippen molar-refractivity contribution in [2.24, 2.45) is 0 Å². The number of hydrogen-bond acceptors (Lipinski definition) is 2. The second-order valence-electron chi connectivity index (χ2n) is 5.70. The Balaban J connectivity index is 1.71. The average molecular weight is 308 g/mol. The largest absolute Gasteiger partial charge is 0.371 e. The zero-order valence-corrected chi connectivity index (χ0v) is 13.4. The molecule has 0 atom stereocenters. The molecule has 1 N–H and O–H groups in total. The Morgan fingerprint density at radius 1 is 0.957 bits per heavy atom. The van der Waals surface area contributed by atoms with Gasteiger partial charge in [-0.3, -0.25) is 9.89 Å². The number of H-pyrrole nitrogens is 1. The lowest BCUT2D eigenvalue weighted by atomic mass is 10.1. The number of rotatable bonds is 5. The number of aromatic amines is 1. The van der Waals surface area contributed by atoms with E-state index in [0.717, 1.165) is 22.5 Å². The molecule has 3 rings (SSSR count). The minimum absolute atomic E-state index is 0.0773. The van der Waals surface area contributed by atoms with Gasteiger partial charge in [0.2, 0.25) is 0 Å². The van der Waals surface area contributed by atoms with Gasteiger partial charge in [-0.15, -0.1) is 0 Å². The van der Waals surface area contributed by atoms with Crippen LogP contribution in [0.1, 0.15) is 22.4 Å². The van der Waals surface area contributed by atoms with Crippen LogP contribution in [0.5, 0.6) is 0 Å². The average Bonchev–Trinajstić information content (AvgIpc) is 2.92. The van der Waals surface area contributed by atoms with Gasteiger partial charge in [0.15, 0.2) is 0 Å². The Kier molecular flexibility index (Phi) is 4.44. The van der Waals surface area contributed by atoms with Crippen LogP contribution in [0.4, 0.5) is 0 Å². The summed E-state index contributed by atoms with van der Waals surface area (Å²) in [4.78, 5) is 12.1. The van der Waals surface area contributed by atoms with Crippen LogP contribution in [0.15, 0.2) is 59.4 Å². The van der Waals surface area contributed by atoms with Gasteiger partial charge in [-0.05, 0) is 42.7 Å². The smallest absolute Gasteiger partial charge is 0.271 e. The van der Waals surface area contributed by atoms with Crippen LogP contribution < -0.4 is 5.56 Å². The first-order chi connectivity index (χ1) is 11.1. The van der Waals surface area contributed by atoms with E-state index >= 15 is 0 Å². The van der Waals surface area contributed by atoms with E-state index in [0.29, 0.717) is 13.2 Å². The van der Waals surface area contributed by atoms with Crippen LogP contribution in [0.3, 0.4) is 0 Å². The summed E-state index contributed by atoms with van der Waals surface area (Å²) < 4.78 is 7.22. The molecule has 118 valence electrons. The molecule has 0 unspecified atom stereocenters. The van der Waals surface area contributed by atoms with E-state index in [-0.39, 0.29) is 5.56 Å². The molecule has 2 aromatic carbocycles. The van der Waals surface area contributed by atoms with Crippen molar-refractivity contribution in [1.82, 2.24) is 9.78 Å². The summed E-state index contributed by atoms with van der Waals surface area (Å²) in [6.45, 7) is 5.00. The Morgan fingerprint density at radius 2 is 1.74 bits per heavy atom. The molecule has 0 aliphatic heterocycles. The van der Waals surface area contributed by atoms with Gasteiger partial charge in [-0.25, -0.2) is 4.68 Å². The van der Waals surface area contributed by atoms with E-state index in [9.17, 15) is 4.79 Å². The molecule has 0 fully saturated rings. The molecule has 4 nitrogen and oxygen atoms in total. The zero-order chi connectivity index (χ0) is 16.2. The fourth-order valence-electron chi connectivity index (χ4n) is 2.43. The van der Waals surface area contributed by atoms with Crippen LogP contribution in [0.2, 0.25) is 0 Å². The number of nitrogens with zero attached hydrogens (tertiary/aromatic N) is 1. The lowest BCUT2D eigenvalue weighted by Crippen LogP contribution is -2.13. The Labute approximate surface area is 135 Å². The molecule has 3 aromatic rings. The van der Waals surface area contributed by atoms with E-state index in [1.54, 1.807) is 10.7 Å². The maximum Gasteiger partial charge on any atom is 0.271 e. The molecule has 0 saturated carbocycles. The summed E-state index contributed by atoms with van der Waals surface area (Å²) in [6, 6.07) is 17.5. The van der Waals surface area contributed by atoms with Crippen molar-refractivity contribution in [3.8, 4) is 5.69 Å². The molecule has 1 aromatic heterocycles. The molecule has 1 heterocycles. The number of benzene rings is 2. The van der Waals surface area contributed by atoms with Gasteiger partial charge in [0.1, 0.15) is 0 Å². The van der Waals surface area contributed by atoms with Crippen molar-refractivity contribution in [2.45, 2.75) is 27.1 Å². The third-order valence-electron chi connectivity index (χ3n) is 3.89. The summed E-state index contributed by atoms with van der Waals surface area (Å²) in [5.41, 5.74) is 5.01. The van der Waals surface area contributed by atoms with Gasteiger partial charge in [0, 0.05) is 6.07 Å². The van der Waals surface area contributed by atoms with Gasteiger partial charge < -0.3 is 4.74 Å². The predicted molar refractivity (Wildman–Crippen MR) is 90.8 cm³/mol. The minimum atomic E-state index is -0.0773. The van der Waals surface area contributed by atoms with E-state index in [1.165, 1.54) is 5.56 Å². The van der Waals surface area contributed by atoms with Crippen LogP contribution in [-0.4, -0.2) is 9.78 Å². The standard InChI is InChI=1S/C19H20N2O2/c1-14-8-9-18(10-15(14)2)21-19(22)11-17(20-21)13-23-12-16-6-4-3-5-7-16/h3-11,20H,12-13H2,1-2H3. The third kappa shape index (κ3) is 3.60. The Hall–Kier alpha value is -2.59. The highest BCUT2D eigenvalue weighted by Gasteiger charge is 2.06. The normalized spacial score (nSPS) is 10.9. The highest BCUT2D eigenvalue weighted by atomic mass is 16.5. The predicted octanol–water partition coefficient (Wildman–Crippen LogP) is 3.50. The number of hydrogen-bond donors (Lipinski definition) is 1. The topological polar surface area (TPSA) is 47.0 Å². The van der Waals surface area contributed by atoms with Gasteiger partial charge in [0.25, 0.3) is 5.56 Å². The first kappa shape index (κ1) is 15.3. The van der Waals surface area contributed by atoms with Crippen molar-refractivity contribution in [1.29, 1.82) is 0 Å². The summed E-state index contributed by atoms with van der Waals surface area (Å²) >= 11 is 0. The minimum Gasteiger partial charge on any atom is -0.371 e. The van der Waals surface area contributed by atoms with Gasteiger partial charge >= 0.3 is 0 Å².